The smallest absolute Gasteiger partial charge is 0.0464 e. The van der Waals surface area contributed by atoms with Gasteiger partial charge in [-0.2, -0.15) is 0 Å². The van der Waals surface area contributed by atoms with Crippen LogP contribution in [0.4, 0.5) is 0 Å². The molecule has 1 heterocycles. The lowest BCUT2D eigenvalue weighted by molar-refractivity contribution is 0.298. The number of piperazine rings is 1. The first-order valence-electron chi connectivity index (χ1n) is 15.1. The summed E-state index contributed by atoms with van der Waals surface area (Å²) in [5.74, 6) is 0. The molecular formula is C34H63N3. The highest BCUT2D eigenvalue weighted by atomic mass is 15.2. The Labute approximate surface area is 233 Å². The van der Waals surface area contributed by atoms with E-state index in [1.54, 1.807) is 0 Å². The van der Waals surface area contributed by atoms with E-state index in [0.717, 1.165) is 44.7 Å². The Kier molecular flexibility index (Phi) is 30.3. The van der Waals surface area contributed by atoms with Crippen molar-refractivity contribution >= 4 is 5.71 Å². The lowest BCUT2D eigenvalue weighted by atomic mass is 9.96. The number of hydrogen-bond donors (Lipinski definition) is 1. The molecule has 0 radical (unpaired) electrons. The van der Waals surface area contributed by atoms with Gasteiger partial charge in [0, 0.05) is 49.4 Å². The highest BCUT2D eigenvalue weighted by Gasteiger charge is 2.17. The van der Waals surface area contributed by atoms with Gasteiger partial charge in [0.15, 0.2) is 0 Å². The van der Waals surface area contributed by atoms with E-state index < -0.39 is 0 Å². The predicted molar refractivity (Wildman–Crippen MR) is 173 cm³/mol. The SMILES string of the molecule is CC.CC.CC.CCCc1cccc(C)c1.C\C=C(CC)/C(C(/C)=N/C=C/CC)=C(/C)N1CCNCC1. The minimum Gasteiger partial charge on any atom is -0.372 e. The lowest BCUT2D eigenvalue weighted by Gasteiger charge is -2.32. The molecule has 0 amide bonds. The third-order valence-electron chi connectivity index (χ3n) is 5.60. The van der Waals surface area contributed by atoms with E-state index in [9.17, 15) is 0 Å². The lowest BCUT2D eigenvalue weighted by Crippen LogP contribution is -2.43. The van der Waals surface area contributed by atoms with E-state index >= 15 is 0 Å². The first-order valence-corrected chi connectivity index (χ1v) is 15.1. The van der Waals surface area contributed by atoms with Crippen LogP contribution in [-0.4, -0.2) is 36.8 Å². The van der Waals surface area contributed by atoms with Crippen molar-refractivity contribution in [1.29, 1.82) is 0 Å². The van der Waals surface area contributed by atoms with Gasteiger partial charge < -0.3 is 10.2 Å². The van der Waals surface area contributed by atoms with E-state index in [0.29, 0.717) is 0 Å². The second-order valence-corrected chi connectivity index (χ2v) is 8.11. The van der Waals surface area contributed by atoms with Crippen LogP contribution in [0, 0.1) is 6.92 Å². The number of nitrogens with zero attached hydrogens (tertiary/aromatic N) is 2. The Morgan fingerprint density at radius 3 is 2.03 bits per heavy atom. The summed E-state index contributed by atoms with van der Waals surface area (Å²) in [6.07, 6.45) is 10.8. The molecule has 0 aromatic heterocycles. The molecule has 0 spiro atoms. The number of aliphatic imine (C=N–C) groups is 1. The number of benzene rings is 1. The number of nitrogens with one attached hydrogen (secondary N) is 1. The molecule has 0 saturated carbocycles. The summed E-state index contributed by atoms with van der Waals surface area (Å²) in [6.45, 7) is 31.5. The molecule has 0 aliphatic carbocycles. The van der Waals surface area contributed by atoms with Gasteiger partial charge >= 0.3 is 0 Å². The van der Waals surface area contributed by atoms with Gasteiger partial charge in [-0.1, -0.05) is 111 Å². The topological polar surface area (TPSA) is 27.6 Å². The molecule has 1 fully saturated rings. The van der Waals surface area contributed by atoms with Gasteiger partial charge in [0.05, 0.1) is 0 Å². The molecule has 1 N–H and O–H groups in total. The molecule has 37 heavy (non-hydrogen) atoms. The fraction of sp³-hybridized carbons (Fsp3) is 0.618. The highest BCUT2D eigenvalue weighted by Crippen LogP contribution is 2.23. The summed E-state index contributed by atoms with van der Waals surface area (Å²) in [5, 5.41) is 3.42. The van der Waals surface area contributed by atoms with Crippen molar-refractivity contribution in [3.8, 4) is 0 Å². The van der Waals surface area contributed by atoms with Crippen LogP contribution in [0.2, 0.25) is 0 Å². The Morgan fingerprint density at radius 1 is 0.973 bits per heavy atom. The van der Waals surface area contributed by atoms with Crippen LogP contribution < -0.4 is 5.32 Å². The van der Waals surface area contributed by atoms with Crippen LogP contribution in [0.3, 0.4) is 0 Å². The molecule has 0 unspecified atom stereocenters. The molecule has 3 heteroatoms. The van der Waals surface area contributed by atoms with Gasteiger partial charge in [0.2, 0.25) is 0 Å². The summed E-state index contributed by atoms with van der Waals surface area (Å²) in [4.78, 5) is 7.12. The standard InChI is InChI=1S/C18H31N3.C10H14.3C2H6/c1-6-9-10-20-15(4)18(17(7-2)8-3)16(5)21-13-11-19-12-14-21;1-3-5-10-7-4-6-9(2)8-10;3*1-2/h7,9-10,19H,6,8,11-14H2,1-5H3;4,6-8H,3,5H2,1-2H3;3*1-2H3/b10-9+,17-7-,18-16-,20-15+;;;;. The minimum atomic E-state index is 1.02. The van der Waals surface area contributed by atoms with E-state index in [2.05, 4.69) is 100 Å². The zero-order valence-corrected chi connectivity index (χ0v) is 27.1. The molecule has 1 aliphatic rings. The molecule has 1 aromatic rings. The Morgan fingerprint density at radius 2 is 1.57 bits per heavy atom. The summed E-state index contributed by atoms with van der Waals surface area (Å²) >= 11 is 0. The number of hydrogen-bond acceptors (Lipinski definition) is 3. The van der Waals surface area contributed by atoms with Crippen LogP contribution in [0.15, 0.2) is 64.5 Å². The van der Waals surface area contributed by atoms with Crippen LogP contribution in [0.5, 0.6) is 0 Å². The number of rotatable bonds is 8. The average Bonchev–Trinajstić information content (AvgIpc) is 2.95. The molecule has 1 saturated heterocycles. The third-order valence-corrected chi connectivity index (χ3v) is 5.60. The van der Waals surface area contributed by atoms with Crippen LogP contribution in [-0.2, 0) is 6.42 Å². The minimum absolute atomic E-state index is 1.02. The normalized spacial score (nSPS) is 14.0. The number of aryl methyl sites for hydroxylation is 2. The zero-order chi connectivity index (χ0) is 29.1. The Hall–Kier alpha value is -2.13. The highest BCUT2D eigenvalue weighted by molar-refractivity contribution is 6.03. The van der Waals surface area contributed by atoms with E-state index in [1.807, 2.05) is 47.7 Å². The van der Waals surface area contributed by atoms with Crippen LogP contribution in [0.1, 0.15) is 113 Å². The second kappa shape index (κ2) is 28.4. The summed E-state index contributed by atoms with van der Waals surface area (Å²) in [5.41, 5.74) is 8.01. The monoisotopic (exact) mass is 514 g/mol. The largest absolute Gasteiger partial charge is 0.372 e. The molecule has 2 rings (SSSR count). The maximum Gasteiger partial charge on any atom is 0.0464 e. The van der Waals surface area contributed by atoms with Crippen LogP contribution >= 0.6 is 0 Å². The van der Waals surface area contributed by atoms with E-state index in [1.165, 1.54) is 40.8 Å². The fourth-order valence-electron chi connectivity index (χ4n) is 3.90. The average molecular weight is 514 g/mol. The predicted octanol–water partition coefficient (Wildman–Crippen LogP) is 9.93. The maximum atomic E-state index is 4.64. The summed E-state index contributed by atoms with van der Waals surface area (Å²) in [6, 6.07) is 8.71. The zero-order valence-electron chi connectivity index (χ0n) is 27.1. The van der Waals surface area contributed by atoms with Gasteiger partial charge in [0.25, 0.3) is 0 Å². The van der Waals surface area contributed by atoms with Crippen molar-refractivity contribution in [2.75, 3.05) is 26.2 Å². The van der Waals surface area contributed by atoms with Crippen LogP contribution in [0.25, 0.3) is 0 Å². The summed E-state index contributed by atoms with van der Waals surface area (Å²) in [7, 11) is 0. The van der Waals surface area contributed by atoms with Crippen molar-refractivity contribution in [1.82, 2.24) is 10.2 Å². The second-order valence-electron chi connectivity index (χ2n) is 8.11. The molecule has 1 aromatic carbocycles. The molecule has 0 atom stereocenters. The molecule has 3 nitrogen and oxygen atoms in total. The van der Waals surface area contributed by atoms with E-state index in [-0.39, 0.29) is 0 Å². The van der Waals surface area contributed by atoms with Gasteiger partial charge in [-0.3, -0.25) is 4.99 Å². The fourth-order valence-corrected chi connectivity index (χ4v) is 3.90. The van der Waals surface area contributed by atoms with Gasteiger partial charge in [-0.15, -0.1) is 0 Å². The number of allylic oxidation sites excluding steroid dienone is 5. The van der Waals surface area contributed by atoms with Crippen molar-refractivity contribution in [3.05, 3.63) is 70.6 Å². The van der Waals surface area contributed by atoms with Crippen molar-refractivity contribution in [3.63, 3.8) is 0 Å². The molecule has 214 valence electrons. The summed E-state index contributed by atoms with van der Waals surface area (Å²) < 4.78 is 0. The van der Waals surface area contributed by atoms with Crippen molar-refractivity contribution in [2.24, 2.45) is 4.99 Å². The van der Waals surface area contributed by atoms with Crippen molar-refractivity contribution < 1.29 is 0 Å². The van der Waals surface area contributed by atoms with E-state index in [4.69, 9.17) is 0 Å². The first kappa shape index (κ1) is 39.4. The Bertz CT molecular complexity index is 763. The van der Waals surface area contributed by atoms with Gasteiger partial charge in [-0.05, 0) is 58.1 Å². The molecule has 1 aliphatic heterocycles. The van der Waals surface area contributed by atoms with Gasteiger partial charge in [-0.25, -0.2) is 0 Å². The quantitative estimate of drug-likeness (QED) is 0.276. The third kappa shape index (κ3) is 17.9. The molecule has 0 bridgehead atoms. The van der Waals surface area contributed by atoms with Crippen molar-refractivity contribution in [2.45, 2.75) is 116 Å². The first-order chi connectivity index (χ1) is 18.0. The maximum absolute atomic E-state index is 4.64. The van der Waals surface area contributed by atoms with Gasteiger partial charge in [0.1, 0.15) is 0 Å². The Balaban J connectivity index is -0.000000601. The molecular weight excluding hydrogens is 450 g/mol.